The number of H-pyrrole nitrogens is 1. The Morgan fingerprint density at radius 3 is 2.55 bits per heavy atom. The predicted octanol–water partition coefficient (Wildman–Crippen LogP) is 5.13. The molecule has 0 saturated carbocycles. The fourth-order valence-corrected chi connectivity index (χ4v) is 3.19. The lowest BCUT2D eigenvalue weighted by Crippen LogP contribution is -2.10. The van der Waals surface area contributed by atoms with Crippen LogP contribution in [0, 0.1) is 5.82 Å². The highest BCUT2D eigenvalue weighted by Crippen LogP contribution is 2.33. The largest absolute Gasteiger partial charge is 0.481 e. The number of carbonyl (C=O) groups is 1. The van der Waals surface area contributed by atoms with Crippen LogP contribution in [0.25, 0.3) is 22.0 Å². The van der Waals surface area contributed by atoms with E-state index in [1.165, 1.54) is 12.1 Å². The average molecular weight is 439 g/mol. The van der Waals surface area contributed by atoms with Gasteiger partial charge >= 0.3 is 5.97 Å². The fraction of sp³-hybridized carbons (Fsp3) is 0.125. The highest BCUT2D eigenvalue weighted by Gasteiger charge is 2.10. The molecule has 0 fully saturated rings. The summed E-state index contributed by atoms with van der Waals surface area (Å²) in [5.41, 5.74) is 4.01. The van der Waals surface area contributed by atoms with Crippen molar-refractivity contribution < 1.29 is 19.0 Å². The molecular formula is C24H23FN2O3S. The van der Waals surface area contributed by atoms with Crippen LogP contribution in [0.3, 0.4) is 0 Å². The highest BCUT2D eigenvalue weighted by atomic mass is 32.1. The van der Waals surface area contributed by atoms with Crippen molar-refractivity contribution in [1.29, 1.82) is 0 Å². The number of hydrogen-bond donors (Lipinski definition) is 4. The summed E-state index contributed by atoms with van der Waals surface area (Å²) in [5, 5.41) is 13.1. The Hall–Kier alpha value is -3.29. The lowest BCUT2D eigenvalue weighted by Gasteiger charge is -2.13. The first-order chi connectivity index (χ1) is 15.0. The van der Waals surface area contributed by atoms with E-state index >= 15 is 0 Å². The Labute approximate surface area is 185 Å². The van der Waals surface area contributed by atoms with Gasteiger partial charge in [-0.2, -0.15) is 0 Å². The molecule has 0 aliphatic heterocycles. The lowest BCUT2D eigenvalue weighted by atomic mass is 10.0. The normalized spacial score (nSPS) is 10.4. The van der Waals surface area contributed by atoms with E-state index in [-0.39, 0.29) is 12.4 Å². The second-order valence-electron chi connectivity index (χ2n) is 6.80. The van der Waals surface area contributed by atoms with Crippen LogP contribution in [0.15, 0.2) is 77.8 Å². The first-order valence-electron chi connectivity index (χ1n) is 9.60. The molecule has 31 heavy (non-hydrogen) atoms. The molecule has 0 aliphatic carbocycles. The second kappa shape index (κ2) is 10.7. The van der Waals surface area contributed by atoms with E-state index in [1.54, 1.807) is 12.1 Å². The number of aromatic amines is 1. The van der Waals surface area contributed by atoms with Gasteiger partial charge in [-0.3, -0.25) is 0 Å². The maximum absolute atomic E-state index is 12.1. The van der Waals surface area contributed by atoms with Crippen LogP contribution in [-0.4, -0.2) is 29.7 Å². The van der Waals surface area contributed by atoms with Crippen LogP contribution < -0.4 is 10.1 Å². The molecule has 0 amide bonds. The van der Waals surface area contributed by atoms with E-state index in [0.717, 1.165) is 39.0 Å². The maximum atomic E-state index is 12.1. The van der Waals surface area contributed by atoms with Crippen molar-refractivity contribution in [3.63, 3.8) is 0 Å². The number of aliphatic carboxylic acids is 1. The lowest BCUT2D eigenvalue weighted by molar-refractivity contribution is -0.139. The minimum Gasteiger partial charge on any atom is -0.481 e. The summed E-state index contributed by atoms with van der Waals surface area (Å²) in [5.74, 6) is -0.643. The van der Waals surface area contributed by atoms with Gasteiger partial charge in [0.15, 0.2) is 6.61 Å². The summed E-state index contributed by atoms with van der Waals surface area (Å²) in [6.45, 7) is 0.375. The molecule has 0 unspecified atom stereocenters. The van der Waals surface area contributed by atoms with Crippen molar-refractivity contribution in [1.82, 2.24) is 10.3 Å². The van der Waals surface area contributed by atoms with Crippen LogP contribution in [0.1, 0.15) is 5.56 Å². The molecule has 1 heterocycles. The molecule has 3 N–H and O–H groups in total. The third kappa shape index (κ3) is 6.34. The quantitative estimate of drug-likeness (QED) is 0.315. The van der Waals surface area contributed by atoms with Crippen molar-refractivity contribution >= 4 is 29.5 Å². The van der Waals surface area contributed by atoms with Crippen molar-refractivity contribution in [2.75, 3.05) is 13.7 Å². The third-order valence-electron chi connectivity index (χ3n) is 4.47. The van der Waals surface area contributed by atoms with Gasteiger partial charge in [-0.25, -0.2) is 9.18 Å². The van der Waals surface area contributed by atoms with Gasteiger partial charge in [-0.05, 0) is 72.1 Å². The topological polar surface area (TPSA) is 74.3 Å². The summed E-state index contributed by atoms with van der Waals surface area (Å²) in [4.78, 5) is 14.8. The molecule has 4 rings (SSSR count). The number of thiol groups is 1. The van der Waals surface area contributed by atoms with Gasteiger partial charge in [0, 0.05) is 28.7 Å². The molecule has 0 spiro atoms. The summed E-state index contributed by atoms with van der Waals surface area (Å²) in [6, 6.07) is 19.9. The molecule has 0 saturated heterocycles. The summed E-state index contributed by atoms with van der Waals surface area (Å²) in [7, 11) is 1.89. The number of aromatic nitrogens is 1. The molecule has 160 valence electrons. The van der Waals surface area contributed by atoms with Crippen molar-refractivity contribution in [2.24, 2.45) is 0 Å². The average Bonchev–Trinajstić information content (AvgIpc) is 3.23. The molecular weight excluding hydrogens is 415 g/mol. The number of benzene rings is 3. The van der Waals surface area contributed by atoms with Gasteiger partial charge < -0.3 is 20.1 Å². The first-order valence-corrected chi connectivity index (χ1v) is 10.0. The van der Waals surface area contributed by atoms with E-state index in [1.807, 2.05) is 55.7 Å². The Kier molecular flexibility index (Phi) is 7.70. The number of carboxylic acids is 1. The third-order valence-corrected chi connectivity index (χ3v) is 4.77. The number of hydrogen-bond acceptors (Lipinski definition) is 4. The monoisotopic (exact) mass is 438 g/mol. The second-order valence-corrected chi connectivity index (χ2v) is 7.32. The molecule has 5 nitrogen and oxygen atoms in total. The van der Waals surface area contributed by atoms with E-state index in [2.05, 4.69) is 22.9 Å². The fourth-order valence-electron chi connectivity index (χ4n) is 3.04. The van der Waals surface area contributed by atoms with Crippen molar-refractivity contribution in [3.05, 3.63) is 84.3 Å². The predicted molar refractivity (Wildman–Crippen MR) is 123 cm³/mol. The minimum atomic E-state index is -0.991. The van der Waals surface area contributed by atoms with Gasteiger partial charge in [0.25, 0.3) is 0 Å². The number of nitrogens with one attached hydrogen (secondary N) is 2. The summed E-state index contributed by atoms with van der Waals surface area (Å²) < 4.78 is 17.5. The molecule has 3 aromatic carbocycles. The number of halogens is 1. The number of fused-ring (bicyclic) bond motifs is 1. The van der Waals surface area contributed by atoms with Crippen LogP contribution >= 0.6 is 12.6 Å². The molecule has 7 heteroatoms. The Balaban J connectivity index is 0.000000287. The smallest absolute Gasteiger partial charge is 0.341 e. The van der Waals surface area contributed by atoms with E-state index in [4.69, 9.17) is 9.84 Å². The van der Waals surface area contributed by atoms with Crippen molar-refractivity contribution in [2.45, 2.75) is 11.4 Å². The minimum absolute atomic E-state index is 0.220. The molecule has 1 aromatic heterocycles. The van der Waals surface area contributed by atoms with Gasteiger partial charge in [-0.1, -0.05) is 18.2 Å². The van der Waals surface area contributed by atoms with Crippen LogP contribution in [0.4, 0.5) is 4.39 Å². The van der Waals surface area contributed by atoms with E-state index < -0.39 is 5.97 Å². The van der Waals surface area contributed by atoms with Crippen molar-refractivity contribution in [3.8, 4) is 16.9 Å². The van der Waals surface area contributed by atoms with Crippen LogP contribution in [0.2, 0.25) is 0 Å². The first kappa shape index (κ1) is 22.4. The van der Waals surface area contributed by atoms with Gasteiger partial charge in [0.2, 0.25) is 0 Å². The molecule has 0 atom stereocenters. The zero-order valence-corrected chi connectivity index (χ0v) is 17.8. The summed E-state index contributed by atoms with van der Waals surface area (Å²) >= 11 is 3.97. The van der Waals surface area contributed by atoms with Gasteiger partial charge in [0.05, 0.1) is 0 Å². The maximum Gasteiger partial charge on any atom is 0.341 e. The molecule has 0 bridgehead atoms. The molecule has 0 radical (unpaired) electrons. The van der Waals surface area contributed by atoms with Crippen LogP contribution in [0.5, 0.6) is 5.75 Å². The Bertz CT molecular complexity index is 1140. The molecule has 0 aliphatic rings. The van der Waals surface area contributed by atoms with Crippen LogP contribution in [-0.2, 0) is 11.3 Å². The zero-order chi connectivity index (χ0) is 22.2. The Morgan fingerprint density at radius 1 is 1.10 bits per heavy atom. The number of rotatable bonds is 6. The zero-order valence-electron chi connectivity index (χ0n) is 16.9. The number of ether oxygens (including phenoxy) is 1. The SMILES string of the molecule is CNCc1ccc(OCC(=O)O)c(-c2ccc3cc[nH]c3c2)c1.Fc1ccc(S)cc1. The number of carboxylic acid groups (broad SMARTS) is 1. The highest BCUT2D eigenvalue weighted by molar-refractivity contribution is 7.80. The van der Waals surface area contributed by atoms with Gasteiger partial charge in [0.1, 0.15) is 11.6 Å². The Morgan fingerprint density at radius 2 is 1.87 bits per heavy atom. The van der Waals surface area contributed by atoms with E-state index in [0.29, 0.717) is 5.75 Å². The standard InChI is InChI=1S/C18H18N2O3.C6H5FS/c1-19-10-12-2-5-17(23-11-18(21)22)15(8-12)14-4-3-13-6-7-20-16(13)9-14;7-5-1-3-6(8)4-2-5/h2-9,19-20H,10-11H2,1H3,(H,21,22);1-4,8H. The molecule has 4 aromatic rings. The van der Waals surface area contributed by atoms with Gasteiger partial charge in [-0.15, -0.1) is 12.6 Å². The summed E-state index contributed by atoms with van der Waals surface area (Å²) in [6.07, 6.45) is 1.90. The van der Waals surface area contributed by atoms with E-state index in [9.17, 15) is 9.18 Å².